The van der Waals surface area contributed by atoms with Crippen LogP contribution in [0.4, 0.5) is 0 Å². The zero-order chi connectivity index (χ0) is 30.9. The first kappa shape index (κ1) is 28.4. The minimum absolute atomic E-state index is 0.0812. The Morgan fingerprint density at radius 1 is 0.930 bits per heavy atom. The van der Waals surface area contributed by atoms with Crippen LogP contribution >= 0.6 is 0 Å². The van der Waals surface area contributed by atoms with E-state index < -0.39 is 11.4 Å². The van der Waals surface area contributed by atoms with Gasteiger partial charge in [0.05, 0.1) is 5.41 Å². The second kappa shape index (κ2) is 8.61. The predicted molar refractivity (Wildman–Crippen MR) is 168 cm³/mol. The maximum absolute atomic E-state index is 12.5. The third-order valence-electron chi connectivity index (χ3n) is 13.7. The molecule has 1 aromatic heterocycles. The van der Waals surface area contributed by atoms with Gasteiger partial charge >= 0.3 is 5.97 Å². The van der Waals surface area contributed by atoms with E-state index in [4.69, 9.17) is 0 Å². The van der Waals surface area contributed by atoms with Gasteiger partial charge in [-0.2, -0.15) is 0 Å². The van der Waals surface area contributed by atoms with Crippen LogP contribution in [0.2, 0.25) is 0 Å². The molecule has 4 aliphatic rings. The topological polar surface area (TPSA) is 114 Å². The van der Waals surface area contributed by atoms with Gasteiger partial charge < -0.3 is 25.4 Å². The molecule has 0 saturated heterocycles. The van der Waals surface area contributed by atoms with Gasteiger partial charge in [-0.05, 0) is 127 Å². The number of carboxylic acids is 1. The average Bonchev–Trinajstić information content (AvgIpc) is 3.37. The van der Waals surface area contributed by atoms with Crippen LogP contribution in [0.1, 0.15) is 108 Å². The summed E-state index contributed by atoms with van der Waals surface area (Å²) in [6, 6.07) is 7.17. The summed E-state index contributed by atoms with van der Waals surface area (Å²) < 4.78 is 0. The second-order valence-corrected chi connectivity index (χ2v) is 15.7. The fraction of sp³-hybridized carbons (Fsp3) is 0.541. The Balaban J connectivity index is 1.47. The molecule has 1 heterocycles. The van der Waals surface area contributed by atoms with Crippen molar-refractivity contribution in [2.24, 2.45) is 27.6 Å². The normalized spacial score (nSPS) is 38.4. The monoisotopic (exact) mass is 583 g/mol. The number of nitrogens with one attached hydrogen (secondary N) is 1. The molecule has 43 heavy (non-hydrogen) atoms. The minimum atomic E-state index is -0.714. The van der Waals surface area contributed by atoms with E-state index in [1.54, 1.807) is 18.2 Å². The predicted octanol–water partition coefficient (Wildman–Crippen LogP) is 8.42. The SMILES string of the molecule is Cc1c(O)c(O)cc2c1[C@H](c1c[nH]c3ccc(O)cc13)C=C1[C@@]2(C)CC[C@@]2(C)[C@@H]3C[C@](C)(C(=O)O)CC[C@]3(C)CC[C@]12C. The van der Waals surface area contributed by atoms with E-state index in [9.17, 15) is 25.2 Å². The maximum Gasteiger partial charge on any atom is 0.309 e. The van der Waals surface area contributed by atoms with E-state index in [2.05, 4.69) is 38.8 Å². The maximum atomic E-state index is 12.5. The molecule has 0 amide bonds. The summed E-state index contributed by atoms with van der Waals surface area (Å²) in [4.78, 5) is 15.9. The number of phenolic OH excluding ortho intramolecular Hbond substituents is 3. The number of phenols is 3. The molecule has 3 fully saturated rings. The number of benzene rings is 2. The highest BCUT2D eigenvalue weighted by Crippen LogP contribution is 2.75. The summed E-state index contributed by atoms with van der Waals surface area (Å²) >= 11 is 0. The van der Waals surface area contributed by atoms with E-state index in [-0.39, 0.29) is 50.7 Å². The van der Waals surface area contributed by atoms with Crippen LogP contribution in [0, 0.1) is 34.5 Å². The zero-order valence-electron chi connectivity index (χ0n) is 26.3. The van der Waals surface area contributed by atoms with Gasteiger partial charge in [0.1, 0.15) is 5.75 Å². The van der Waals surface area contributed by atoms with Gasteiger partial charge in [0, 0.05) is 28.4 Å². The van der Waals surface area contributed by atoms with Gasteiger partial charge in [-0.3, -0.25) is 4.79 Å². The highest BCUT2D eigenvalue weighted by atomic mass is 16.4. The van der Waals surface area contributed by atoms with E-state index in [0.717, 1.165) is 66.1 Å². The Bertz CT molecular complexity index is 1740. The lowest BCUT2D eigenvalue weighted by molar-refractivity contribution is -0.177. The Morgan fingerprint density at radius 3 is 2.37 bits per heavy atom. The van der Waals surface area contributed by atoms with Crippen molar-refractivity contribution in [3.63, 3.8) is 0 Å². The number of allylic oxidation sites excluding steroid dienone is 2. The molecule has 4 aliphatic carbocycles. The highest BCUT2D eigenvalue weighted by molar-refractivity contribution is 5.86. The van der Waals surface area contributed by atoms with Crippen molar-refractivity contribution in [2.75, 3.05) is 0 Å². The summed E-state index contributed by atoms with van der Waals surface area (Å²) in [5, 5.41) is 43.6. The molecule has 0 radical (unpaired) electrons. The number of H-pyrrole nitrogens is 1. The summed E-state index contributed by atoms with van der Waals surface area (Å²) in [5.74, 6) is -0.558. The van der Waals surface area contributed by atoms with Crippen molar-refractivity contribution in [1.82, 2.24) is 4.98 Å². The molecular weight excluding hydrogens is 538 g/mol. The standard InChI is InChI=1S/C37H45NO5/c1-20-30-23(24-19-38-26-8-7-21(39)15-22(24)26)16-28-35(4,25(30)17-27(40)31(20)41)12-14-37(6)29-18-34(3,32(42)43)10-9-33(29,2)11-13-36(28,37)5/h7-8,15-17,19,23,29,38-41H,9-14,18H2,1-6H3,(H,42,43)/t23-,29+,33+,34+,35-,36+,37-/m0/s1. The molecule has 0 spiro atoms. The first-order chi connectivity index (χ1) is 20.1. The number of fused-ring (bicyclic) bond motifs is 8. The molecule has 6 heteroatoms. The van der Waals surface area contributed by atoms with Gasteiger partial charge in [0.15, 0.2) is 11.5 Å². The molecule has 6 nitrogen and oxygen atoms in total. The van der Waals surface area contributed by atoms with Crippen LogP contribution in [0.5, 0.6) is 17.2 Å². The number of carboxylic acid groups (broad SMARTS) is 1. The van der Waals surface area contributed by atoms with Gasteiger partial charge in [-0.15, -0.1) is 0 Å². The van der Waals surface area contributed by atoms with E-state index in [1.165, 1.54) is 5.57 Å². The van der Waals surface area contributed by atoms with E-state index >= 15 is 0 Å². The van der Waals surface area contributed by atoms with Crippen LogP contribution in [-0.2, 0) is 10.2 Å². The van der Waals surface area contributed by atoms with Crippen LogP contribution in [0.3, 0.4) is 0 Å². The molecule has 3 aromatic rings. The van der Waals surface area contributed by atoms with Crippen LogP contribution in [0.25, 0.3) is 10.9 Å². The number of rotatable bonds is 2. The molecular formula is C37H45NO5. The molecule has 228 valence electrons. The number of hydrogen-bond acceptors (Lipinski definition) is 4. The second-order valence-electron chi connectivity index (χ2n) is 15.7. The lowest BCUT2D eigenvalue weighted by Crippen LogP contribution is -2.62. The first-order valence-corrected chi connectivity index (χ1v) is 15.9. The van der Waals surface area contributed by atoms with Gasteiger partial charge in [0.25, 0.3) is 0 Å². The zero-order valence-corrected chi connectivity index (χ0v) is 26.3. The van der Waals surface area contributed by atoms with Gasteiger partial charge in [-0.25, -0.2) is 0 Å². The molecule has 7 atom stereocenters. The highest BCUT2D eigenvalue weighted by Gasteiger charge is 2.67. The van der Waals surface area contributed by atoms with Crippen molar-refractivity contribution in [1.29, 1.82) is 0 Å². The molecule has 0 bridgehead atoms. The van der Waals surface area contributed by atoms with E-state index in [0.29, 0.717) is 12.0 Å². The van der Waals surface area contributed by atoms with E-state index in [1.807, 2.05) is 26.1 Å². The van der Waals surface area contributed by atoms with Crippen molar-refractivity contribution in [2.45, 2.75) is 97.8 Å². The summed E-state index contributed by atoms with van der Waals surface area (Å²) in [7, 11) is 0. The molecule has 0 unspecified atom stereocenters. The molecule has 2 aromatic carbocycles. The number of aromatic amines is 1. The van der Waals surface area contributed by atoms with Crippen molar-refractivity contribution in [3.05, 3.63) is 64.4 Å². The molecule has 3 saturated carbocycles. The number of carbonyl (C=O) groups is 1. The minimum Gasteiger partial charge on any atom is -0.508 e. The number of aromatic nitrogens is 1. The Kier molecular flexibility index (Phi) is 5.68. The third kappa shape index (κ3) is 3.49. The first-order valence-electron chi connectivity index (χ1n) is 15.9. The third-order valence-corrected chi connectivity index (χ3v) is 13.7. The molecule has 7 rings (SSSR count). The lowest BCUT2D eigenvalue weighted by Gasteiger charge is -2.70. The number of aromatic hydroxyl groups is 3. The van der Waals surface area contributed by atoms with Crippen LogP contribution in [0.15, 0.2) is 42.1 Å². The number of hydrogen-bond donors (Lipinski definition) is 5. The quantitative estimate of drug-likeness (QED) is 0.153. The van der Waals surface area contributed by atoms with Gasteiger partial charge in [-0.1, -0.05) is 39.3 Å². The Labute approximate surface area is 253 Å². The molecule has 5 N–H and O–H groups in total. The number of aliphatic carboxylic acids is 1. The summed E-state index contributed by atoms with van der Waals surface area (Å²) in [5.41, 5.74) is 4.87. The largest absolute Gasteiger partial charge is 0.508 e. The summed E-state index contributed by atoms with van der Waals surface area (Å²) in [6.07, 6.45) is 10.8. The van der Waals surface area contributed by atoms with Crippen molar-refractivity contribution >= 4 is 16.9 Å². The summed E-state index contributed by atoms with van der Waals surface area (Å²) in [6.45, 7) is 13.4. The van der Waals surface area contributed by atoms with Crippen LogP contribution in [-0.4, -0.2) is 31.4 Å². The Morgan fingerprint density at radius 2 is 1.65 bits per heavy atom. The fourth-order valence-corrected chi connectivity index (χ4v) is 10.6. The smallest absolute Gasteiger partial charge is 0.309 e. The fourth-order valence-electron chi connectivity index (χ4n) is 10.6. The lowest BCUT2D eigenvalue weighted by atomic mass is 9.34. The van der Waals surface area contributed by atoms with Crippen LogP contribution < -0.4 is 0 Å². The Hall–Kier alpha value is -3.41. The van der Waals surface area contributed by atoms with Crippen molar-refractivity contribution < 1.29 is 25.2 Å². The van der Waals surface area contributed by atoms with Gasteiger partial charge in [0.2, 0.25) is 0 Å². The molecule has 0 aliphatic heterocycles. The van der Waals surface area contributed by atoms with Crippen molar-refractivity contribution in [3.8, 4) is 17.2 Å². The average molecular weight is 584 g/mol.